The Bertz CT molecular complexity index is 1220. The first kappa shape index (κ1) is 21.2. The van der Waals surface area contributed by atoms with Gasteiger partial charge in [-0.2, -0.15) is 5.26 Å². The number of amides is 1. The number of nitriles is 1. The first-order chi connectivity index (χ1) is 14.3. The summed E-state index contributed by atoms with van der Waals surface area (Å²) in [5.74, 6) is -1.13. The average molecular weight is 441 g/mol. The van der Waals surface area contributed by atoms with Crippen molar-refractivity contribution in [1.29, 1.82) is 5.26 Å². The predicted molar refractivity (Wildman–Crippen MR) is 115 cm³/mol. The van der Waals surface area contributed by atoms with Crippen molar-refractivity contribution in [3.63, 3.8) is 0 Å². The van der Waals surface area contributed by atoms with Crippen LogP contribution in [0.1, 0.15) is 21.7 Å². The van der Waals surface area contributed by atoms with E-state index in [0.717, 1.165) is 5.56 Å². The monoisotopic (exact) mass is 440 g/mol. The van der Waals surface area contributed by atoms with Crippen molar-refractivity contribution in [1.82, 2.24) is 0 Å². The number of benzene rings is 2. The Morgan fingerprint density at radius 1 is 1.13 bits per heavy atom. The molecule has 1 heterocycles. The number of nitrogens with one attached hydrogen (secondary N) is 1. The molecular formula is C22H14Cl2N2O4. The molecule has 0 aliphatic heterocycles. The summed E-state index contributed by atoms with van der Waals surface area (Å²) in [5.41, 5.74) is 1.57. The Hall–Kier alpha value is -3.53. The van der Waals surface area contributed by atoms with Crippen LogP contribution in [-0.2, 0) is 4.79 Å². The van der Waals surface area contributed by atoms with Crippen LogP contribution in [0.4, 0.5) is 5.69 Å². The minimum absolute atomic E-state index is 0.0573. The van der Waals surface area contributed by atoms with Crippen molar-refractivity contribution in [3.05, 3.63) is 81.0 Å². The van der Waals surface area contributed by atoms with Crippen LogP contribution in [-0.4, -0.2) is 17.0 Å². The van der Waals surface area contributed by atoms with E-state index in [1.165, 1.54) is 18.2 Å². The van der Waals surface area contributed by atoms with Gasteiger partial charge >= 0.3 is 5.97 Å². The van der Waals surface area contributed by atoms with Gasteiger partial charge in [0.1, 0.15) is 23.2 Å². The number of anilines is 1. The lowest BCUT2D eigenvalue weighted by atomic mass is 10.1. The molecule has 0 aliphatic carbocycles. The summed E-state index contributed by atoms with van der Waals surface area (Å²) in [6.45, 7) is 1.79. The highest BCUT2D eigenvalue weighted by molar-refractivity contribution is 6.33. The zero-order valence-electron chi connectivity index (χ0n) is 15.6. The van der Waals surface area contributed by atoms with Crippen molar-refractivity contribution in [3.8, 4) is 17.4 Å². The fourth-order valence-electron chi connectivity index (χ4n) is 2.68. The summed E-state index contributed by atoms with van der Waals surface area (Å²) in [4.78, 5) is 23.7. The van der Waals surface area contributed by atoms with E-state index >= 15 is 0 Å². The molecule has 8 heteroatoms. The summed E-state index contributed by atoms with van der Waals surface area (Å²) in [7, 11) is 0. The molecule has 30 heavy (non-hydrogen) atoms. The van der Waals surface area contributed by atoms with Crippen LogP contribution in [0.5, 0.6) is 0 Å². The van der Waals surface area contributed by atoms with Gasteiger partial charge in [0.2, 0.25) is 0 Å². The van der Waals surface area contributed by atoms with Gasteiger partial charge in [-0.05, 0) is 61.0 Å². The SMILES string of the molecule is Cc1cc(Cl)ccc1NC(=O)/C(C#N)=C/c1ccc(-c2ccc(Cl)c(C(=O)O)c2)o1. The summed E-state index contributed by atoms with van der Waals surface area (Å²) in [5, 5.41) is 21.9. The number of halogens is 2. The van der Waals surface area contributed by atoms with Crippen LogP contribution in [0.15, 0.2) is 58.5 Å². The van der Waals surface area contributed by atoms with Gasteiger partial charge in [0, 0.05) is 22.3 Å². The highest BCUT2D eigenvalue weighted by Gasteiger charge is 2.14. The largest absolute Gasteiger partial charge is 0.478 e. The Morgan fingerprint density at radius 2 is 1.90 bits per heavy atom. The van der Waals surface area contributed by atoms with Gasteiger partial charge in [0.05, 0.1) is 10.6 Å². The van der Waals surface area contributed by atoms with Crippen LogP contribution >= 0.6 is 23.2 Å². The molecule has 150 valence electrons. The molecule has 1 aromatic heterocycles. The van der Waals surface area contributed by atoms with Gasteiger partial charge in [-0.1, -0.05) is 23.2 Å². The fourth-order valence-corrected chi connectivity index (χ4v) is 3.10. The number of carboxylic acid groups (broad SMARTS) is 1. The average Bonchev–Trinajstić information content (AvgIpc) is 3.17. The van der Waals surface area contributed by atoms with E-state index in [4.69, 9.17) is 27.6 Å². The lowest BCUT2D eigenvalue weighted by Crippen LogP contribution is -2.14. The van der Waals surface area contributed by atoms with Gasteiger partial charge in [-0.3, -0.25) is 4.79 Å². The Balaban J connectivity index is 1.85. The van der Waals surface area contributed by atoms with Crippen LogP contribution in [0.25, 0.3) is 17.4 Å². The predicted octanol–water partition coefficient (Wildman–Crippen LogP) is 5.81. The summed E-state index contributed by atoms with van der Waals surface area (Å²) in [6.07, 6.45) is 1.30. The quantitative estimate of drug-likeness (QED) is 0.385. The molecule has 0 saturated heterocycles. The number of hydrogen-bond donors (Lipinski definition) is 2. The number of nitrogens with zero attached hydrogens (tertiary/aromatic N) is 1. The van der Waals surface area contributed by atoms with Crippen LogP contribution in [0.3, 0.4) is 0 Å². The van der Waals surface area contributed by atoms with E-state index in [0.29, 0.717) is 22.0 Å². The molecule has 2 aromatic carbocycles. The highest BCUT2D eigenvalue weighted by Crippen LogP contribution is 2.28. The molecule has 0 fully saturated rings. The van der Waals surface area contributed by atoms with Crippen molar-refractivity contribution >= 4 is 46.8 Å². The Kier molecular flexibility index (Phi) is 6.26. The number of aromatic carboxylic acids is 1. The molecule has 0 atom stereocenters. The van der Waals surface area contributed by atoms with Crippen LogP contribution in [0, 0.1) is 18.3 Å². The molecule has 0 spiro atoms. The van der Waals surface area contributed by atoms with E-state index in [1.807, 2.05) is 6.07 Å². The van der Waals surface area contributed by atoms with Crippen LogP contribution < -0.4 is 5.32 Å². The third-order valence-corrected chi connectivity index (χ3v) is 4.76. The van der Waals surface area contributed by atoms with Crippen LogP contribution in [0.2, 0.25) is 10.0 Å². The zero-order chi connectivity index (χ0) is 21.8. The molecule has 0 radical (unpaired) electrons. The van der Waals surface area contributed by atoms with E-state index in [1.54, 1.807) is 43.3 Å². The number of carbonyl (C=O) groups excluding carboxylic acids is 1. The second-order valence-electron chi connectivity index (χ2n) is 6.28. The van der Waals surface area contributed by atoms with E-state index in [2.05, 4.69) is 5.32 Å². The normalized spacial score (nSPS) is 11.1. The van der Waals surface area contributed by atoms with Crippen molar-refractivity contribution in [2.45, 2.75) is 6.92 Å². The van der Waals surface area contributed by atoms with Gasteiger partial charge in [0.25, 0.3) is 5.91 Å². The highest BCUT2D eigenvalue weighted by atomic mass is 35.5. The minimum Gasteiger partial charge on any atom is -0.478 e. The molecule has 1 amide bonds. The zero-order valence-corrected chi connectivity index (χ0v) is 17.1. The molecule has 3 aromatic rings. The maximum absolute atomic E-state index is 12.5. The van der Waals surface area contributed by atoms with Gasteiger partial charge in [-0.25, -0.2) is 4.79 Å². The second-order valence-corrected chi connectivity index (χ2v) is 7.13. The number of carbonyl (C=O) groups is 2. The minimum atomic E-state index is -1.16. The summed E-state index contributed by atoms with van der Waals surface area (Å²) >= 11 is 11.8. The molecule has 0 saturated carbocycles. The van der Waals surface area contributed by atoms with Gasteiger partial charge in [0.15, 0.2) is 0 Å². The Labute approximate surface area is 182 Å². The molecule has 0 aliphatic rings. The standard InChI is InChI=1S/C22H14Cl2N2O4/c1-12-8-15(23)3-6-19(12)26-21(27)14(11-25)9-16-4-7-20(30-16)13-2-5-18(24)17(10-13)22(28)29/h2-10H,1H3,(H,26,27)(H,28,29)/b14-9+. The summed E-state index contributed by atoms with van der Waals surface area (Å²) in [6, 6.07) is 14.5. The number of hydrogen-bond acceptors (Lipinski definition) is 4. The topological polar surface area (TPSA) is 103 Å². The maximum atomic E-state index is 12.5. The second kappa shape index (κ2) is 8.87. The molecule has 3 rings (SSSR count). The molecule has 0 bridgehead atoms. The summed E-state index contributed by atoms with van der Waals surface area (Å²) < 4.78 is 5.66. The first-order valence-electron chi connectivity index (χ1n) is 8.61. The smallest absolute Gasteiger partial charge is 0.337 e. The molecule has 2 N–H and O–H groups in total. The van der Waals surface area contributed by atoms with Gasteiger partial charge in [-0.15, -0.1) is 0 Å². The number of carboxylic acids is 1. The van der Waals surface area contributed by atoms with Gasteiger partial charge < -0.3 is 14.8 Å². The van der Waals surface area contributed by atoms with E-state index < -0.39 is 11.9 Å². The number of furan rings is 1. The maximum Gasteiger partial charge on any atom is 0.337 e. The fraction of sp³-hybridized carbons (Fsp3) is 0.0455. The molecular weight excluding hydrogens is 427 g/mol. The van der Waals surface area contributed by atoms with Crippen molar-refractivity contribution in [2.24, 2.45) is 0 Å². The van der Waals surface area contributed by atoms with E-state index in [9.17, 15) is 20.0 Å². The lowest BCUT2D eigenvalue weighted by molar-refractivity contribution is -0.112. The lowest BCUT2D eigenvalue weighted by Gasteiger charge is -2.07. The number of aryl methyl sites for hydroxylation is 1. The third kappa shape index (κ3) is 4.71. The first-order valence-corrected chi connectivity index (χ1v) is 9.36. The third-order valence-electron chi connectivity index (χ3n) is 4.20. The molecule has 6 nitrogen and oxygen atoms in total. The van der Waals surface area contributed by atoms with Crippen molar-refractivity contribution < 1.29 is 19.1 Å². The van der Waals surface area contributed by atoms with E-state index in [-0.39, 0.29) is 21.9 Å². The Morgan fingerprint density at radius 3 is 2.57 bits per heavy atom. The van der Waals surface area contributed by atoms with Crippen molar-refractivity contribution in [2.75, 3.05) is 5.32 Å². The molecule has 0 unspecified atom stereocenters. The number of rotatable bonds is 5.